The molecule has 0 aliphatic carbocycles. The lowest BCUT2D eigenvalue weighted by Crippen LogP contribution is -2.00. The third-order valence-corrected chi connectivity index (χ3v) is 5.62. The maximum absolute atomic E-state index is 13.5. The minimum absolute atomic E-state index is 0.0407. The predicted molar refractivity (Wildman–Crippen MR) is 116 cm³/mol. The van der Waals surface area contributed by atoms with Gasteiger partial charge in [-0.15, -0.1) is 10.2 Å². The van der Waals surface area contributed by atoms with Crippen molar-refractivity contribution in [2.24, 2.45) is 0 Å². The molecule has 0 spiro atoms. The number of benzene rings is 3. The van der Waals surface area contributed by atoms with Gasteiger partial charge in [0.05, 0.1) is 10.5 Å². The zero-order valence-electron chi connectivity index (χ0n) is 16.4. The van der Waals surface area contributed by atoms with Crippen LogP contribution in [-0.2, 0) is 5.75 Å². The van der Waals surface area contributed by atoms with E-state index in [4.69, 9.17) is 5.11 Å². The molecule has 0 radical (unpaired) electrons. The van der Waals surface area contributed by atoms with Gasteiger partial charge in [0, 0.05) is 29.1 Å². The number of nitro benzene ring substituents is 1. The summed E-state index contributed by atoms with van der Waals surface area (Å²) in [5.74, 6) is -0.422. The largest absolute Gasteiger partial charge is 0.478 e. The minimum Gasteiger partial charge on any atom is -0.478 e. The van der Waals surface area contributed by atoms with E-state index < -0.39 is 10.9 Å². The second-order valence-electron chi connectivity index (χ2n) is 6.71. The molecule has 4 aromatic rings. The van der Waals surface area contributed by atoms with Gasteiger partial charge in [0.1, 0.15) is 5.82 Å². The molecule has 0 atom stereocenters. The Balaban J connectivity index is 1.68. The number of hydrogen-bond acceptors (Lipinski definition) is 6. The third kappa shape index (κ3) is 4.49. The molecule has 10 heteroatoms. The van der Waals surface area contributed by atoms with Gasteiger partial charge in [0.15, 0.2) is 11.0 Å². The molecule has 160 valence electrons. The number of hydrogen-bond donors (Lipinski definition) is 1. The summed E-state index contributed by atoms with van der Waals surface area (Å²) in [6.07, 6.45) is 0. The van der Waals surface area contributed by atoms with Crippen LogP contribution in [0.3, 0.4) is 0 Å². The quantitative estimate of drug-likeness (QED) is 0.240. The van der Waals surface area contributed by atoms with Crippen LogP contribution in [-0.4, -0.2) is 30.8 Å². The van der Waals surface area contributed by atoms with Crippen LogP contribution in [0, 0.1) is 15.9 Å². The lowest BCUT2D eigenvalue weighted by molar-refractivity contribution is -0.384. The summed E-state index contributed by atoms with van der Waals surface area (Å²) in [4.78, 5) is 21.5. The van der Waals surface area contributed by atoms with Gasteiger partial charge in [-0.05, 0) is 54.1 Å². The van der Waals surface area contributed by atoms with Gasteiger partial charge >= 0.3 is 5.97 Å². The van der Waals surface area contributed by atoms with Crippen LogP contribution >= 0.6 is 11.8 Å². The summed E-state index contributed by atoms with van der Waals surface area (Å²) < 4.78 is 15.2. The van der Waals surface area contributed by atoms with E-state index in [0.717, 1.165) is 5.56 Å². The van der Waals surface area contributed by atoms with Gasteiger partial charge < -0.3 is 5.11 Å². The van der Waals surface area contributed by atoms with Crippen LogP contribution in [0.15, 0.2) is 78.0 Å². The maximum Gasteiger partial charge on any atom is 0.335 e. The van der Waals surface area contributed by atoms with Crippen molar-refractivity contribution in [1.29, 1.82) is 0 Å². The molecule has 1 aromatic heterocycles. The van der Waals surface area contributed by atoms with Crippen LogP contribution < -0.4 is 0 Å². The number of aromatic carboxylic acids is 1. The van der Waals surface area contributed by atoms with E-state index in [-0.39, 0.29) is 17.1 Å². The van der Waals surface area contributed by atoms with Crippen LogP contribution in [0.2, 0.25) is 0 Å². The average Bonchev–Trinajstić information content (AvgIpc) is 3.22. The minimum atomic E-state index is -0.993. The van der Waals surface area contributed by atoms with Gasteiger partial charge in [-0.3, -0.25) is 14.7 Å². The number of nitrogens with zero attached hydrogens (tertiary/aromatic N) is 4. The van der Waals surface area contributed by atoms with Crippen molar-refractivity contribution in [3.63, 3.8) is 0 Å². The Morgan fingerprint density at radius 1 is 1.00 bits per heavy atom. The maximum atomic E-state index is 13.5. The first-order valence-electron chi connectivity index (χ1n) is 9.33. The summed E-state index contributed by atoms with van der Waals surface area (Å²) >= 11 is 1.38. The van der Waals surface area contributed by atoms with Crippen molar-refractivity contribution >= 4 is 23.4 Å². The molecule has 3 aromatic carbocycles. The van der Waals surface area contributed by atoms with Gasteiger partial charge in [-0.1, -0.05) is 23.9 Å². The highest BCUT2D eigenvalue weighted by Gasteiger charge is 2.17. The molecule has 0 fully saturated rings. The molecular weight excluding hydrogens is 435 g/mol. The Morgan fingerprint density at radius 3 is 2.25 bits per heavy atom. The molecule has 0 saturated heterocycles. The van der Waals surface area contributed by atoms with Crippen molar-refractivity contribution in [2.75, 3.05) is 0 Å². The zero-order valence-corrected chi connectivity index (χ0v) is 17.2. The summed E-state index contributed by atoms with van der Waals surface area (Å²) in [7, 11) is 0. The standard InChI is InChI=1S/C22H15FN4O4S/c23-17-7-11-18(12-8-17)26-20(15-5-9-19(10-6-15)27(30)31)24-25-22(26)32-13-14-1-3-16(4-2-14)21(28)29/h1-12H,13H2,(H,28,29). The highest BCUT2D eigenvalue weighted by atomic mass is 32.2. The molecule has 0 aliphatic rings. The number of nitro groups is 1. The van der Waals surface area contributed by atoms with Crippen molar-refractivity contribution < 1.29 is 19.2 Å². The molecule has 0 amide bonds. The smallest absolute Gasteiger partial charge is 0.335 e. The molecule has 1 heterocycles. The lowest BCUT2D eigenvalue weighted by Gasteiger charge is -2.10. The molecule has 1 N–H and O–H groups in total. The van der Waals surface area contributed by atoms with Crippen molar-refractivity contribution in [1.82, 2.24) is 14.8 Å². The van der Waals surface area contributed by atoms with E-state index in [1.165, 1.54) is 48.2 Å². The Kier molecular flexibility index (Phi) is 5.95. The molecular formula is C22H15FN4O4S. The summed E-state index contributed by atoms with van der Waals surface area (Å²) in [6.45, 7) is 0. The molecule has 32 heavy (non-hydrogen) atoms. The number of carboxylic acids is 1. The first-order valence-corrected chi connectivity index (χ1v) is 10.3. The van der Waals surface area contributed by atoms with Crippen molar-refractivity contribution in [3.8, 4) is 17.1 Å². The van der Waals surface area contributed by atoms with E-state index in [0.29, 0.717) is 28.0 Å². The highest BCUT2D eigenvalue weighted by molar-refractivity contribution is 7.98. The Hall–Kier alpha value is -4.05. The second kappa shape index (κ2) is 8.98. The summed E-state index contributed by atoms with van der Waals surface area (Å²) in [6, 6.07) is 18.3. The van der Waals surface area contributed by atoms with Gasteiger partial charge in [-0.2, -0.15) is 0 Å². The molecule has 0 saturated carbocycles. The fourth-order valence-corrected chi connectivity index (χ4v) is 3.90. The number of non-ortho nitro benzene ring substituents is 1. The topological polar surface area (TPSA) is 111 Å². The first kappa shape index (κ1) is 21.2. The average molecular weight is 450 g/mol. The van der Waals surface area contributed by atoms with Crippen LogP contribution in [0.4, 0.5) is 10.1 Å². The van der Waals surface area contributed by atoms with Crippen LogP contribution in [0.1, 0.15) is 15.9 Å². The van der Waals surface area contributed by atoms with E-state index in [1.807, 2.05) is 0 Å². The van der Waals surface area contributed by atoms with Crippen molar-refractivity contribution in [2.45, 2.75) is 10.9 Å². The SMILES string of the molecule is O=C(O)c1ccc(CSc2nnc(-c3ccc([N+](=O)[O-])cc3)n2-c2ccc(F)cc2)cc1. The van der Waals surface area contributed by atoms with Gasteiger partial charge in [0.25, 0.3) is 5.69 Å². The predicted octanol–water partition coefficient (Wildman–Crippen LogP) is 4.97. The highest BCUT2D eigenvalue weighted by Crippen LogP contribution is 2.30. The van der Waals surface area contributed by atoms with E-state index in [2.05, 4.69) is 10.2 Å². The number of aromatic nitrogens is 3. The second-order valence-corrected chi connectivity index (χ2v) is 7.66. The van der Waals surface area contributed by atoms with Crippen LogP contribution in [0.5, 0.6) is 0 Å². The number of thioether (sulfide) groups is 1. The third-order valence-electron chi connectivity index (χ3n) is 4.62. The van der Waals surface area contributed by atoms with E-state index >= 15 is 0 Å². The number of rotatable bonds is 7. The van der Waals surface area contributed by atoms with E-state index in [9.17, 15) is 19.3 Å². The fourth-order valence-electron chi connectivity index (χ4n) is 3.00. The normalized spacial score (nSPS) is 10.8. The summed E-state index contributed by atoms with van der Waals surface area (Å²) in [5, 5.41) is 29.0. The molecule has 8 nitrogen and oxygen atoms in total. The fraction of sp³-hybridized carbons (Fsp3) is 0.0455. The Morgan fingerprint density at radius 2 is 1.66 bits per heavy atom. The lowest BCUT2D eigenvalue weighted by atomic mass is 10.1. The molecule has 0 bridgehead atoms. The molecule has 0 aliphatic heterocycles. The van der Waals surface area contributed by atoms with E-state index in [1.54, 1.807) is 41.0 Å². The zero-order chi connectivity index (χ0) is 22.7. The van der Waals surface area contributed by atoms with Crippen molar-refractivity contribution in [3.05, 3.63) is 99.9 Å². The first-order chi connectivity index (χ1) is 15.4. The molecule has 4 rings (SSSR count). The number of carboxylic acid groups (broad SMARTS) is 1. The Labute approximate surface area is 185 Å². The molecule has 0 unspecified atom stereocenters. The van der Waals surface area contributed by atoms with Crippen LogP contribution in [0.25, 0.3) is 17.1 Å². The van der Waals surface area contributed by atoms with Gasteiger partial charge in [-0.25, -0.2) is 9.18 Å². The van der Waals surface area contributed by atoms with Gasteiger partial charge in [0.2, 0.25) is 0 Å². The number of carbonyl (C=O) groups is 1. The Bertz CT molecular complexity index is 1270. The summed E-state index contributed by atoms with van der Waals surface area (Å²) in [5.41, 5.74) is 2.30. The monoisotopic (exact) mass is 450 g/mol. The number of halogens is 1.